The Bertz CT molecular complexity index is 961. The summed E-state index contributed by atoms with van der Waals surface area (Å²) >= 11 is 1.41. The van der Waals surface area contributed by atoms with Gasteiger partial charge in [0.2, 0.25) is 0 Å². The topological polar surface area (TPSA) is 64.1 Å². The third-order valence-corrected chi connectivity index (χ3v) is 4.50. The predicted octanol–water partition coefficient (Wildman–Crippen LogP) is 5.10. The number of halogens is 2. The molecule has 0 fully saturated rings. The summed E-state index contributed by atoms with van der Waals surface area (Å²) in [6.07, 6.45) is 0. The van der Waals surface area contributed by atoms with Crippen LogP contribution in [0.5, 0.6) is 5.75 Å². The first-order valence-electron chi connectivity index (χ1n) is 8.36. The van der Waals surface area contributed by atoms with Crippen molar-refractivity contribution in [1.29, 1.82) is 0 Å². The van der Waals surface area contributed by atoms with E-state index in [0.717, 1.165) is 16.3 Å². The molecule has 1 amide bonds. The lowest BCUT2D eigenvalue weighted by molar-refractivity contribution is -0.0501. The first kappa shape index (κ1) is 19.8. The van der Waals surface area contributed by atoms with Gasteiger partial charge in [-0.1, -0.05) is 12.1 Å². The Morgan fingerprint density at radius 1 is 1.04 bits per heavy atom. The van der Waals surface area contributed by atoms with E-state index in [2.05, 4.69) is 20.0 Å². The highest BCUT2D eigenvalue weighted by atomic mass is 32.2. The number of amides is 1. The van der Waals surface area contributed by atoms with Crippen LogP contribution in [0.25, 0.3) is 0 Å². The van der Waals surface area contributed by atoms with Crippen LogP contribution in [0.3, 0.4) is 0 Å². The fourth-order valence-corrected chi connectivity index (χ4v) is 3.36. The molecule has 0 atom stereocenters. The maximum atomic E-state index is 12.5. The number of rotatable bonds is 6. The maximum Gasteiger partial charge on any atom is 0.387 e. The minimum atomic E-state index is -3.00. The number of hydrogen-bond acceptors (Lipinski definition) is 5. The highest BCUT2D eigenvalue weighted by Gasteiger charge is 2.15. The molecule has 2 aromatic carbocycles. The van der Waals surface area contributed by atoms with E-state index in [4.69, 9.17) is 0 Å². The van der Waals surface area contributed by atoms with Gasteiger partial charge in [-0.25, -0.2) is 9.97 Å². The van der Waals surface area contributed by atoms with Gasteiger partial charge in [0.1, 0.15) is 5.75 Å². The summed E-state index contributed by atoms with van der Waals surface area (Å²) in [7, 11) is 0. The second kappa shape index (κ2) is 8.79. The molecule has 3 rings (SSSR count). The number of anilines is 1. The Kier molecular flexibility index (Phi) is 6.20. The molecule has 0 aliphatic carbocycles. The fourth-order valence-electron chi connectivity index (χ4n) is 2.50. The molecule has 5 nitrogen and oxygen atoms in total. The van der Waals surface area contributed by atoms with Gasteiger partial charge in [0.25, 0.3) is 5.91 Å². The number of nitrogens with zero attached hydrogens (tertiary/aromatic N) is 2. The number of ether oxygens (including phenoxy) is 1. The van der Waals surface area contributed by atoms with Gasteiger partial charge in [-0.2, -0.15) is 8.78 Å². The molecule has 3 aromatic rings. The van der Waals surface area contributed by atoms with Crippen molar-refractivity contribution in [3.8, 4) is 5.75 Å². The number of hydrogen-bond donors (Lipinski definition) is 1. The number of para-hydroxylation sites is 1. The Balaban J connectivity index is 1.70. The summed E-state index contributed by atoms with van der Waals surface area (Å²) in [5, 5.41) is 3.32. The van der Waals surface area contributed by atoms with E-state index in [9.17, 15) is 13.6 Å². The summed E-state index contributed by atoms with van der Waals surface area (Å²) in [6, 6.07) is 14.8. The molecule has 1 aromatic heterocycles. The van der Waals surface area contributed by atoms with Crippen LogP contribution in [0.1, 0.15) is 21.7 Å². The smallest absolute Gasteiger partial charge is 0.387 e. The molecular formula is C20H17F2N3O2S. The third-order valence-electron chi connectivity index (χ3n) is 3.63. The summed E-state index contributed by atoms with van der Waals surface area (Å²) in [6.45, 7) is 0.817. The largest absolute Gasteiger partial charge is 0.434 e. The van der Waals surface area contributed by atoms with E-state index in [0.29, 0.717) is 10.8 Å². The van der Waals surface area contributed by atoms with Crippen LogP contribution in [0.2, 0.25) is 0 Å². The lowest BCUT2D eigenvalue weighted by Gasteiger charge is -2.11. The van der Waals surface area contributed by atoms with Crippen LogP contribution in [-0.4, -0.2) is 22.5 Å². The highest BCUT2D eigenvalue weighted by Crippen LogP contribution is 2.27. The van der Waals surface area contributed by atoms with Crippen LogP contribution in [-0.2, 0) is 0 Å². The van der Waals surface area contributed by atoms with E-state index in [1.165, 1.54) is 30.0 Å². The van der Waals surface area contributed by atoms with Crippen molar-refractivity contribution in [2.75, 3.05) is 5.32 Å². The number of alkyl halides is 2. The Morgan fingerprint density at radius 2 is 1.68 bits per heavy atom. The number of aromatic nitrogens is 2. The normalized spacial score (nSPS) is 10.8. The molecule has 0 saturated heterocycles. The van der Waals surface area contributed by atoms with Crippen LogP contribution in [0.4, 0.5) is 14.5 Å². The molecule has 1 N–H and O–H groups in total. The zero-order valence-electron chi connectivity index (χ0n) is 15.1. The van der Waals surface area contributed by atoms with Crippen molar-refractivity contribution >= 4 is 23.4 Å². The van der Waals surface area contributed by atoms with Crippen molar-refractivity contribution in [1.82, 2.24) is 9.97 Å². The van der Waals surface area contributed by atoms with Gasteiger partial charge in [0, 0.05) is 22.0 Å². The lowest BCUT2D eigenvalue weighted by atomic mass is 10.2. The summed E-state index contributed by atoms with van der Waals surface area (Å²) in [5.74, 6) is -0.705. The Labute approximate surface area is 165 Å². The van der Waals surface area contributed by atoms with E-state index in [1.807, 2.05) is 32.0 Å². The molecule has 0 bridgehead atoms. The standard InChI is InChI=1S/C20H17F2N3O2S/c1-12-11-13(2)24-20(23-12)28-15-9-7-14(8-10-15)25-18(26)16-5-3-4-6-17(16)27-19(21)22/h3-11,19H,1-2H3,(H,25,26). The molecule has 0 saturated carbocycles. The SMILES string of the molecule is Cc1cc(C)nc(Sc2ccc(NC(=O)c3ccccc3OC(F)F)cc2)n1. The van der Waals surface area contributed by atoms with Gasteiger partial charge in [-0.05, 0) is 68.1 Å². The van der Waals surface area contributed by atoms with Gasteiger partial charge < -0.3 is 10.1 Å². The number of aryl methyl sites for hydroxylation is 2. The lowest BCUT2D eigenvalue weighted by Crippen LogP contribution is -2.14. The van der Waals surface area contributed by atoms with Gasteiger partial charge in [-0.15, -0.1) is 0 Å². The first-order valence-corrected chi connectivity index (χ1v) is 9.18. The van der Waals surface area contributed by atoms with Crippen molar-refractivity contribution in [2.24, 2.45) is 0 Å². The summed E-state index contributed by atoms with van der Waals surface area (Å²) < 4.78 is 29.4. The number of carbonyl (C=O) groups excluding carboxylic acids is 1. The Morgan fingerprint density at radius 3 is 2.32 bits per heavy atom. The molecular weight excluding hydrogens is 384 g/mol. The van der Waals surface area contributed by atoms with E-state index in [1.54, 1.807) is 18.2 Å². The minimum Gasteiger partial charge on any atom is -0.434 e. The number of nitrogens with one attached hydrogen (secondary N) is 1. The van der Waals surface area contributed by atoms with Gasteiger partial charge in [0.15, 0.2) is 5.16 Å². The van der Waals surface area contributed by atoms with E-state index in [-0.39, 0.29) is 11.3 Å². The first-order chi connectivity index (χ1) is 13.4. The average molecular weight is 401 g/mol. The maximum absolute atomic E-state index is 12.5. The van der Waals surface area contributed by atoms with Gasteiger partial charge >= 0.3 is 6.61 Å². The molecule has 0 unspecified atom stereocenters. The fraction of sp³-hybridized carbons (Fsp3) is 0.150. The Hall–Kier alpha value is -3.00. The van der Waals surface area contributed by atoms with E-state index < -0.39 is 12.5 Å². The van der Waals surface area contributed by atoms with Crippen molar-refractivity contribution in [3.05, 3.63) is 71.5 Å². The number of benzene rings is 2. The second-order valence-electron chi connectivity index (χ2n) is 5.89. The van der Waals surface area contributed by atoms with Crippen molar-refractivity contribution < 1.29 is 18.3 Å². The zero-order chi connectivity index (χ0) is 20.1. The molecule has 28 heavy (non-hydrogen) atoms. The highest BCUT2D eigenvalue weighted by molar-refractivity contribution is 7.99. The second-order valence-corrected chi connectivity index (χ2v) is 6.93. The minimum absolute atomic E-state index is 0.0323. The van der Waals surface area contributed by atoms with E-state index >= 15 is 0 Å². The van der Waals surface area contributed by atoms with Crippen molar-refractivity contribution in [2.45, 2.75) is 30.5 Å². The molecule has 0 aliphatic rings. The van der Waals surface area contributed by atoms with Crippen LogP contribution in [0, 0.1) is 13.8 Å². The quantitative estimate of drug-likeness (QED) is 0.583. The predicted molar refractivity (Wildman–Crippen MR) is 103 cm³/mol. The molecule has 1 heterocycles. The molecule has 8 heteroatoms. The van der Waals surface area contributed by atoms with Gasteiger partial charge in [0.05, 0.1) is 5.56 Å². The van der Waals surface area contributed by atoms with Crippen LogP contribution < -0.4 is 10.1 Å². The molecule has 0 aliphatic heterocycles. The zero-order valence-corrected chi connectivity index (χ0v) is 16.0. The summed E-state index contributed by atoms with van der Waals surface area (Å²) in [4.78, 5) is 22.1. The average Bonchev–Trinajstić information content (AvgIpc) is 2.62. The molecule has 144 valence electrons. The molecule has 0 radical (unpaired) electrons. The summed E-state index contributed by atoms with van der Waals surface area (Å²) in [5.41, 5.74) is 2.35. The molecule has 0 spiro atoms. The third kappa shape index (κ3) is 5.26. The van der Waals surface area contributed by atoms with Crippen LogP contribution in [0.15, 0.2) is 64.6 Å². The number of carbonyl (C=O) groups is 1. The van der Waals surface area contributed by atoms with Crippen LogP contribution >= 0.6 is 11.8 Å². The van der Waals surface area contributed by atoms with Gasteiger partial charge in [-0.3, -0.25) is 4.79 Å². The monoisotopic (exact) mass is 401 g/mol. The van der Waals surface area contributed by atoms with Crippen molar-refractivity contribution in [3.63, 3.8) is 0 Å².